The van der Waals surface area contributed by atoms with Crippen LogP contribution in [0.5, 0.6) is 11.5 Å². The van der Waals surface area contributed by atoms with Crippen molar-refractivity contribution in [3.05, 3.63) is 23.8 Å². The third-order valence-corrected chi connectivity index (χ3v) is 3.05. The smallest absolute Gasteiger partial charge is 0.318 e. The largest absolute Gasteiger partial charge is 0.497 e. The van der Waals surface area contributed by atoms with Crippen LogP contribution in [0.2, 0.25) is 0 Å². The number of carbonyl (C=O) groups excluding carboxylic acids is 2. The summed E-state index contributed by atoms with van der Waals surface area (Å²) in [6.45, 7) is 0.369. The summed E-state index contributed by atoms with van der Waals surface area (Å²) in [6, 6.07) is 5.10. The summed E-state index contributed by atoms with van der Waals surface area (Å²) in [5.41, 5.74) is 5.79. The van der Waals surface area contributed by atoms with E-state index >= 15 is 0 Å². The van der Waals surface area contributed by atoms with E-state index in [0.717, 1.165) is 5.56 Å². The van der Waals surface area contributed by atoms with Gasteiger partial charge in [0.15, 0.2) is 6.61 Å². The van der Waals surface area contributed by atoms with Crippen molar-refractivity contribution in [3.63, 3.8) is 0 Å². The van der Waals surface area contributed by atoms with Gasteiger partial charge in [-0.25, -0.2) is 4.79 Å². The van der Waals surface area contributed by atoms with Crippen LogP contribution >= 0.6 is 0 Å². The number of ether oxygens (including phenoxy) is 2. The summed E-state index contributed by atoms with van der Waals surface area (Å²) >= 11 is 0. The van der Waals surface area contributed by atoms with Crippen LogP contribution in [0.25, 0.3) is 0 Å². The van der Waals surface area contributed by atoms with Crippen molar-refractivity contribution >= 4 is 11.9 Å². The molecule has 1 aliphatic carbocycles. The topological polar surface area (TPSA) is 103 Å². The van der Waals surface area contributed by atoms with Crippen LogP contribution in [-0.4, -0.2) is 31.7 Å². The molecule has 7 heteroatoms. The summed E-state index contributed by atoms with van der Waals surface area (Å²) in [5, 5.41) is 5.32. The molecule has 0 unspecified atom stereocenters. The minimum Gasteiger partial charge on any atom is -0.497 e. The minimum absolute atomic E-state index is 0.285. The first-order valence-corrected chi connectivity index (χ1v) is 6.71. The van der Waals surface area contributed by atoms with Crippen molar-refractivity contribution in [1.29, 1.82) is 0 Å². The Morgan fingerprint density at radius 2 is 2.14 bits per heavy atom. The fourth-order valence-corrected chi connectivity index (χ4v) is 1.80. The van der Waals surface area contributed by atoms with E-state index in [-0.39, 0.29) is 6.61 Å². The molecule has 0 aliphatic heterocycles. The lowest BCUT2D eigenvalue weighted by Gasteiger charge is -2.13. The normalized spacial score (nSPS) is 13.6. The predicted molar refractivity (Wildman–Crippen MR) is 76.1 cm³/mol. The number of carbonyl (C=O) groups is 2. The fourth-order valence-electron chi connectivity index (χ4n) is 1.80. The molecule has 1 fully saturated rings. The van der Waals surface area contributed by atoms with E-state index in [0.29, 0.717) is 24.1 Å². The third-order valence-electron chi connectivity index (χ3n) is 3.05. The monoisotopic (exact) mass is 293 g/mol. The summed E-state index contributed by atoms with van der Waals surface area (Å²) in [5.74, 6) is 0.587. The van der Waals surface area contributed by atoms with Gasteiger partial charge in [-0.1, -0.05) is 6.07 Å². The van der Waals surface area contributed by atoms with Crippen molar-refractivity contribution in [2.75, 3.05) is 13.7 Å². The number of urea groups is 1. The number of methoxy groups -OCH3 is 1. The highest BCUT2D eigenvalue weighted by atomic mass is 16.5. The number of hydrogen-bond acceptors (Lipinski definition) is 5. The van der Waals surface area contributed by atoms with E-state index in [1.54, 1.807) is 13.2 Å². The van der Waals surface area contributed by atoms with Gasteiger partial charge in [0.25, 0.3) is 5.91 Å². The van der Waals surface area contributed by atoms with Crippen LogP contribution in [-0.2, 0) is 11.3 Å². The van der Waals surface area contributed by atoms with Crippen LogP contribution < -0.4 is 25.8 Å². The van der Waals surface area contributed by atoms with E-state index in [4.69, 9.17) is 15.2 Å². The molecule has 7 nitrogen and oxygen atoms in total. The maximum Gasteiger partial charge on any atom is 0.318 e. The molecule has 0 spiro atoms. The molecule has 0 bridgehead atoms. The Labute approximate surface area is 122 Å². The summed E-state index contributed by atoms with van der Waals surface area (Å²) in [7, 11) is 1.56. The molecule has 0 heterocycles. The summed E-state index contributed by atoms with van der Waals surface area (Å²) in [6.07, 6.45) is 2.38. The number of benzene rings is 1. The van der Waals surface area contributed by atoms with Crippen LogP contribution in [0.15, 0.2) is 18.2 Å². The van der Waals surface area contributed by atoms with Crippen LogP contribution in [0.3, 0.4) is 0 Å². The zero-order chi connectivity index (χ0) is 15.2. The molecule has 0 saturated heterocycles. The molecule has 1 saturated carbocycles. The number of nitrogens with two attached hydrogens (primary N) is 1. The first-order valence-electron chi connectivity index (χ1n) is 6.71. The van der Waals surface area contributed by atoms with Crippen molar-refractivity contribution in [2.45, 2.75) is 25.4 Å². The van der Waals surface area contributed by atoms with Crippen LogP contribution in [0.1, 0.15) is 18.4 Å². The lowest BCUT2D eigenvalue weighted by Crippen LogP contribution is -2.38. The number of hydrogen-bond donors (Lipinski definition) is 3. The lowest BCUT2D eigenvalue weighted by atomic mass is 10.2. The Kier molecular flexibility index (Phi) is 4.99. The third kappa shape index (κ3) is 4.96. The Hall–Kier alpha value is -2.28. The van der Waals surface area contributed by atoms with Gasteiger partial charge < -0.3 is 20.5 Å². The molecule has 114 valence electrons. The standard InChI is InChI=1S/C14H19N3O4/c1-20-11-5-2-9(7-16-10-3-4-10)12(6-11)21-8-13(18)17-14(15)19/h2,5-6,10,16H,3-4,7-8H2,1H3,(H3,15,17,18,19). The zero-order valence-electron chi connectivity index (χ0n) is 11.8. The van der Waals surface area contributed by atoms with Gasteiger partial charge in [-0.2, -0.15) is 0 Å². The average Bonchev–Trinajstić information content (AvgIpc) is 3.26. The van der Waals surface area contributed by atoms with Crippen molar-refractivity contribution in [3.8, 4) is 11.5 Å². The summed E-state index contributed by atoms with van der Waals surface area (Å²) < 4.78 is 10.6. The SMILES string of the molecule is COc1ccc(CNC2CC2)c(OCC(=O)NC(N)=O)c1. The average molecular weight is 293 g/mol. The molecule has 0 atom stereocenters. The van der Waals surface area contributed by atoms with E-state index in [1.807, 2.05) is 17.4 Å². The second-order valence-corrected chi connectivity index (χ2v) is 4.83. The van der Waals surface area contributed by atoms with Gasteiger partial charge in [-0.3, -0.25) is 10.1 Å². The lowest BCUT2D eigenvalue weighted by molar-refractivity contribution is -0.121. The van der Waals surface area contributed by atoms with Gasteiger partial charge in [-0.05, 0) is 18.9 Å². The number of primary amides is 1. The molecule has 1 aromatic rings. The van der Waals surface area contributed by atoms with Gasteiger partial charge in [-0.15, -0.1) is 0 Å². The van der Waals surface area contributed by atoms with E-state index < -0.39 is 11.9 Å². The number of imide groups is 1. The highest BCUT2D eigenvalue weighted by Crippen LogP contribution is 2.26. The number of rotatable bonds is 7. The van der Waals surface area contributed by atoms with Gasteiger partial charge in [0.2, 0.25) is 0 Å². The quantitative estimate of drug-likeness (QED) is 0.680. The summed E-state index contributed by atoms with van der Waals surface area (Å²) in [4.78, 5) is 22.0. The Bertz CT molecular complexity index is 529. The van der Waals surface area contributed by atoms with Crippen molar-refractivity contribution < 1.29 is 19.1 Å². The minimum atomic E-state index is -0.898. The molecule has 0 aromatic heterocycles. The molecule has 3 amide bonds. The molecular formula is C14H19N3O4. The Morgan fingerprint density at radius 1 is 1.38 bits per heavy atom. The van der Waals surface area contributed by atoms with Crippen molar-refractivity contribution in [1.82, 2.24) is 10.6 Å². The molecule has 0 radical (unpaired) electrons. The first kappa shape index (κ1) is 15.1. The van der Waals surface area contributed by atoms with Gasteiger partial charge >= 0.3 is 6.03 Å². The van der Waals surface area contributed by atoms with Gasteiger partial charge in [0.05, 0.1) is 7.11 Å². The molecule has 21 heavy (non-hydrogen) atoms. The van der Waals surface area contributed by atoms with E-state index in [2.05, 4.69) is 5.32 Å². The molecule has 1 aliphatic rings. The Morgan fingerprint density at radius 3 is 2.76 bits per heavy atom. The predicted octanol–water partition coefficient (Wildman–Crippen LogP) is 0.521. The zero-order valence-corrected chi connectivity index (χ0v) is 11.8. The van der Waals surface area contributed by atoms with E-state index in [1.165, 1.54) is 12.8 Å². The first-order chi connectivity index (χ1) is 10.1. The van der Waals surface area contributed by atoms with Crippen LogP contribution in [0.4, 0.5) is 4.79 Å². The van der Waals surface area contributed by atoms with Crippen molar-refractivity contribution in [2.24, 2.45) is 5.73 Å². The van der Waals surface area contributed by atoms with Crippen LogP contribution in [0, 0.1) is 0 Å². The molecule has 4 N–H and O–H groups in total. The van der Waals surface area contributed by atoms with Gasteiger partial charge in [0.1, 0.15) is 11.5 Å². The second-order valence-electron chi connectivity index (χ2n) is 4.83. The highest BCUT2D eigenvalue weighted by Gasteiger charge is 2.21. The number of nitrogens with one attached hydrogen (secondary N) is 2. The maximum atomic E-state index is 11.4. The Balaban J connectivity index is 1.99. The maximum absolute atomic E-state index is 11.4. The molecule has 1 aromatic carbocycles. The fraction of sp³-hybridized carbons (Fsp3) is 0.429. The molecular weight excluding hydrogens is 274 g/mol. The highest BCUT2D eigenvalue weighted by molar-refractivity contribution is 5.94. The molecule has 2 rings (SSSR count). The number of amides is 3. The van der Waals surface area contributed by atoms with Gasteiger partial charge in [0, 0.05) is 24.2 Å². The van der Waals surface area contributed by atoms with E-state index in [9.17, 15) is 9.59 Å². The second kappa shape index (κ2) is 6.94.